The molecule has 1 aliphatic rings. The fraction of sp³-hybridized carbons (Fsp3) is 0.333. The second-order valence-corrected chi connectivity index (χ2v) is 4.97. The molecule has 2 unspecified atom stereocenters. The molecular formula is C15H17N3O3. The Morgan fingerprint density at radius 1 is 1.38 bits per heavy atom. The number of likely N-dealkylation sites (N-methyl/N-ethyl adjacent to an activating group) is 1. The Morgan fingerprint density at radius 3 is 3.05 bits per heavy atom. The van der Waals surface area contributed by atoms with Gasteiger partial charge in [0.1, 0.15) is 0 Å². The molecule has 1 fully saturated rings. The van der Waals surface area contributed by atoms with Crippen molar-refractivity contribution in [2.45, 2.75) is 6.04 Å². The van der Waals surface area contributed by atoms with E-state index in [1.807, 2.05) is 31.3 Å². The van der Waals surface area contributed by atoms with E-state index in [-0.39, 0.29) is 17.9 Å². The third-order valence-electron chi connectivity index (χ3n) is 3.64. The fourth-order valence-corrected chi connectivity index (χ4v) is 2.44. The Labute approximate surface area is 122 Å². The number of nitrogens with zero attached hydrogens (tertiary/aromatic N) is 1. The largest absolute Gasteiger partial charge is 0.444 e. The Bertz CT molecular complexity index is 612. The highest BCUT2D eigenvalue weighted by Crippen LogP contribution is 2.23. The maximum atomic E-state index is 12.3. The Hall–Kier alpha value is -2.18. The van der Waals surface area contributed by atoms with Crippen LogP contribution in [0.3, 0.4) is 0 Å². The summed E-state index contributed by atoms with van der Waals surface area (Å²) in [4.78, 5) is 16.2. The van der Waals surface area contributed by atoms with Crippen molar-refractivity contribution in [3.63, 3.8) is 0 Å². The van der Waals surface area contributed by atoms with Crippen molar-refractivity contribution < 1.29 is 13.9 Å². The normalized spacial score (nSPS) is 21.4. The molecule has 1 aliphatic heterocycles. The van der Waals surface area contributed by atoms with E-state index in [1.165, 1.54) is 6.39 Å². The smallest absolute Gasteiger partial charge is 0.231 e. The average Bonchev–Trinajstić information content (AvgIpc) is 3.18. The maximum Gasteiger partial charge on any atom is 0.231 e. The predicted octanol–water partition coefficient (Wildman–Crippen LogP) is 1.51. The summed E-state index contributed by atoms with van der Waals surface area (Å²) < 4.78 is 10.6. The van der Waals surface area contributed by atoms with Crippen molar-refractivity contribution in [3.05, 3.63) is 36.9 Å². The first-order valence-corrected chi connectivity index (χ1v) is 6.82. The third-order valence-corrected chi connectivity index (χ3v) is 3.64. The van der Waals surface area contributed by atoms with Crippen LogP contribution in [0.4, 0.5) is 5.69 Å². The lowest BCUT2D eigenvalue weighted by Gasteiger charge is -2.16. The van der Waals surface area contributed by atoms with Crippen LogP contribution in [0.1, 0.15) is 0 Å². The molecule has 2 aromatic rings. The van der Waals surface area contributed by atoms with Crippen LogP contribution in [-0.2, 0) is 9.53 Å². The van der Waals surface area contributed by atoms with Crippen LogP contribution in [0.25, 0.3) is 11.3 Å². The van der Waals surface area contributed by atoms with Gasteiger partial charge >= 0.3 is 0 Å². The Morgan fingerprint density at radius 2 is 2.29 bits per heavy atom. The molecule has 0 saturated carbocycles. The van der Waals surface area contributed by atoms with Gasteiger partial charge in [0.25, 0.3) is 0 Å². The monoisotopic (exact) mass is 287 g/mol. The summed E-state index contributed by atoms with van der Waals surface area (Å²) in [6.07, 6.45) is 3.02. The molecule has 1 aromatic carbocycles. The van der Waals surface area contributed by atoms with E-state index >= 15 is 0 Å². The summed E-state index contributed by atoms with van der Waals surface area (Å²) in [5, 5.41) is 6.03. The number of rotatable bonds is 4. The number of oxazole rings is 1. The zero-order valence-electron chi connectivity index (χ0n) is 11.7. The highest BCUT2D eigenvalue weighted by atomic mass is 16.5. The lowest BCUT2D eigenvalue weighted by atomic mass is 10.0. The van der Waals surface area contributed by atoms with E-state index < -0.39 is 0 Å². The number of hydrogen-bond acceptors (Lipinski definition) is 5. The first kappa shape index (κ1) is 13.8. The van der Waals surface area contributed by atoms with Gasteiger partial charge in [-0.15, -0.1) is 0 Å². The second kappa shape index (κ2) is 6.07. The van der Waals surface area contributed by atoms with E-state index in [0.717, 1.165) is 11.3 Å². The van der Waals surface area contributed by atoms with Gasteiger partial charge in [-0.05, 0) is 19.2 Å². The van der Waals surface area contributed by atoms with E-state index in [0.29, 0.717) is 19.0 Å². The summed E-state index contributed by atoms with van der Waals surface area (Å²) in [5.74, 6) is 0.453. The average molecular weight is 287 g/mol. The quantitative estimate of drug-likeness (QED) is 0.891. The van der Waals surface area contributed by atoms with E-state index in [4.69, 9.17) is 9.15 Å². The summed E-state index contributed by atoms with van der Waals surface area (Å²) in [6, 6.07) is 7.55. The molecule has 6 nitrogen and oxygen atoms in total. The number of ether oxygens (including phenoxy) is 1. The number of carbonyl (C=O) groups is 1. The van der Waals surface area contributed by atoms with Gasteiger partial charge in [0, 0.05) is 17.3 Å². The number of carbonyl (C=O) groups excluding carboxylic acids is 1. The van der Waals surface area contributed by atoms with Gasteiger partial charge in [0.05, 0.1) is 25.3 Å². The standard InChI is InChI=1S/C15H17N3O3/c1-16-13-8-20-7-12(13)15(19)18-11-4-2-3-10(5-11)14-6-17-9-21-14/h2-6,9,12-13,16H,7-8H2,1H3,(H,18,19). The third kappa shape index (κ3) is 2.96. The summed E-state index contributed by atoms with van der Waals surface area (Å²) in [5.41, 5.74) is 1.61. The van der Waals surface area contributed by atoms with Crippen LogP contribution >= 0.6 is 0 Å². The van der Waals surface area contributed by atoms with Gasteiger partial charge in [0.2, 0.25) is 5.91 Å². The number of amides is 1. The summed E-state index contributed by atoms with van der Waals surface area (Å²) in [7, 11) is 1.84. The molecule has 1 aromatic heterocycles. The Balaban J connectivity index is 1.73. The van der Waals surface area contributed by atoms with E-state index in [2.05, 4.69) is 15.6 Å². The van der Waals surface area contributed by atoms with Crippen LogP contribution in [-0.4, -0.2) is 37.2 Å². The van der Waals surface area contributed by atoms with Crippen molar-refractivity contribution >= 4 is 11.6 Å². The molecule has 1 amide bonds. The van der Waals surface area contributed by atoms with Crippen LogP contribution in [0.15, 0.2) is 41.3 Å². The number of benzene rings is 1. The molecule has 6 heteroatoms. The molecule has 2 heterocycles. The molecule has 110 valence electrons. The second-order valence-electron chi connectivity index (χ2n) is 4.97. The summed E-state index contributed by atoms with van der Waals surface area (Å²) >= 11 is 0. The Kier molecular flexibility index (Phi) is 3.98. The number of nitrogens with one attached hydrogen (secondary N) is 2. The molecule has 0 aliphatic carbocycles. The lowest BCUT2D eigenvalue weighted by Crippen LogP contribution is -2.39. The van der Waals surface area contributed by atoms with Crippen molar-refractivity contribution in [1.82, 2.24) is 10.3 Å². The minimum Gasteiger partial charge on any atom is -0.444 e. The van der Waals surface area contributed by atoms with Crippen LogP contribution < -0.4 is 10.6 Å². The lowest BCUT2D eigenvalue weighted by molar-refractivity contribution is -0.120. The minimum atomic E-state index is -0.177. The van der Waals surface area contributed by atoms with Gasteiger partial charge in [-0.3, -0.25) is 4.79 Å². The molecule has 2 N–H and O–H groups in total. The molecule has 0 spiro atoms. The zero-order valence-corrected chi connectivity index (χ0v) is 11.7. The highest BCUT2D eigenvalue weighted by molar-refractivity contribution is 5.93. The molecule has 3 rings (SSSR count). The van der Waals surface area contributed by atoms with Crippen molar-refractivity contribution in [1.29, 1.82) is 0 Å². The number of aromatic nitrogens is 1. The predicted molar refractivity (Wildman–Crippen MR) is 77.7 cm³/mol. The maximum absolute atomic E-state index is 12.3. The van der Waals surface area contributed by atoms with Gasteiger partial charge in [-0.2, -0.15) is 0 Å². The van der Waals surface area contributed by atoms with Crippen molar-refractivity contribution in [3.8, 4) is 11.3 Å². The molecular weight excluding hydrogens is 270 g/mol. The molecule has 0 radical (unpaired) electrons. The van der Waals surface area contributed by atoms with Gasteiger partial charge in [-0.1, -0.05) is 12.1 Å². The summed E-state index contributed by atoms with van der Waals surface area (Å²) in [6.45, 7) is 1.01. The van der Waals surface area contributed by atoms with Gasteiger partial charge in [0.15, 0.2) is 12.2 Å². The van der Waals surface area contributed by atoms with E-state index in [9.17, 15) is 4.79 Å². The van der Waals surface area contributed by atoms with Crippen LogP contribution in [0.2, 0.25) is 0 Å². The van der Waals surface area contributed by atoms with Gasteiger partial charge in [-0.25, -0.2) is 4.98 Å². The SMILES string of the molecule is CNC1COCC1C(=O)Nc1cccc(-c2cnco2)c1. The highest BCUT2D eigenvalue weighted by Gasteiger charge is 2.32. The molecule has 0 bridgehead atoms. The molecule has 2 atom stereocenters. The zero-order chi connectivity index (χ0) is 14.7. The topological polar surface area (TPSA) is 76.4 Å². The molecule has 21 heavy (non-hydrogen) atoms. The first-order valence-electron chi connectivity index (χ1n) is 6.82. The molecule has 1 saturated heterocycles. The minimum absolute atomic E-state index is 0.0402. The van der Waals surface area contributed by atoms with Gasteiger partial charge < -0.3 is 19.8 Å². The van der Waals surface area contributed by atoms with Crippen LogP contribution in [0.5, 0.6) is 0 Å². The van der Waals surface area contributed by atoms with E-state index in [1.54, 1.807) is 6.20 Å². The fourth-order valence-electron chi connectivity index (χ4n) is 2.44. The number of anilines is 1. The first-order chi connectivity index (χ1) is 10.3. The van der Waals surface area contributed by atoms with Crippen molar-refractivity contribution in [2.75, 3.05) is 25.6 Å². The van der Waals surface area contributed by atoms with Crippen molar-refractivity contribution in [2.24, 2.45) is 5.92 Å². The number of hydrogen-bond donors (Lipinski definition) is 2. The van der Waals surface area contributed by atoms with Crippen LogP contribution in [0, 0.1) is 5.92 Å².